The van der Waals surface area contributed by atoms with Crippen LogP contribution in [0.5, 0.6) is 5.75 Å². The molecule has 2 aliphatic heterocycles. The van der Waals surface area contributed by atoms with Gasteiger partial charge >= 0.3 is 0 Å². The van der Waals surface area contributed by atoms with Crippen LogP contribution in [-0.4, -0.2) is 41.8 Å². The summed E-state index contributed by atoms with van der Waals surface area (Å²) in [7, 11) is 0. The van der Waals surface area contributed by atoms with E-state index in [9.17, 15) is 14.4 Å². The molecule has 2 N–H and O–H groups in total. The molecular weight excluding hydrogens is 370 g/mol. The summed E-state index contributed by atoms with van der Waals surface area (Å²) < 4.78 is 5.80. The first kappa shape index (κ1) is 19.1. The Balaban J connectivity index is 1.30. The third-order valence-corrected chi connectivity index (χ3v) is 5.21. The number of benzene rings is 2. The standard InChI is InChI=1S/C22H23N3O4/c26-20-9-8-19(21(27)24-20)25-14-16-12-17(6-7-18(16)22(25)28)29-11-10-23-13-15-4-2-1-3-5-15/h1-7,12,19,23H,8-11,13-14H2,(H,24,26,27). The number of amides is 3. The third kappa shape index (κ3) is 4.30. The first-order valence-corrected chi connectivity index (χ1v) is 9.77. The summed E-state index contributed by atoms with van der Waals surface area (Å²) in [4.78, 5) is 37.7. The van der Waals surface area contributed by atoms with E-state index >= 15 is 0 Å². The molecule has 1 saturated heterocycles. The lowest BCUT2D eigenvalue weighted by Crippen LogP contribution is -2.52. The molecule has 1 atom stereocenters. The molecule has 0 bridgehead atoms. The maximum Gasteiger partial charge on any atom is 0.255 e. The molecule has 3 amide bonds. The number of fused-ring (bicyclic) bond motifs is 1. The van der Waals surface area contributed by atoms with Gasteiger partial charge in [-0.1, -0.05) is 30.3 Å². The Hall–Kier alpha value is -3.19. The number of hydrogen-bond donors (Lipinski definition) is 2. The van der Waals surface area contributed by atoms with Crippen molar-refractivity contribution in [3.05, 3.63) is 65.2 Å². The maximum absolute atomic E-state index is 12.7. The number of carbonyl (C=O) groups excluding carboxylic acids is 3. The Morgan fingerprint density at radius 1 is 1.10 bits per heavy atom. The van der Waals surface area contributed by atoms with Crippen molar-refractivity contribution in [1.82, 2.24) is 15.5 Å². The van der Waals surface area contributed by atoms with Gasteiger partial charge in [-0.15, -0.1) is 0 Å². The van der Waals surface area contributed by atoms with Crippen LogP contribution in [0.1, 0.15) is 34.3 Å². The molecule has 2 aromatic carbocycles. The van der Waals surface area contributed by atoms with Gasteiger partial charge in [0, 0.05) is 31.6 Å². The van der Waals surface area contributed by atoms with E-state index < -0.39 is 11.9 Å². The number of nitrogens with one attached hydrogen (secondary N) is 2. The summed E-state index contributed by atoms with van der Waals surface area (Å²) in [6.07, 6.45) is 0.613. The van der Waals surface area contributed by atoms with E-state index in [1.54, 1.807) is 12.1 Å². The fourth-order valence-electron chi connectivity index (χ4n) is 3.71. The molecule has 7 heteroatoms. The number of rotatable bonds is 7. The fourth-order valence-corrected chi connectivity index (χ4v) is 3.71. The van der Waals surface area contributed by atoms with E-state index in [-0.39, 0.29) is 18.2 Å². The molecule has 2 aliphatic rings. The van der Waals surface area contributed by atoms with Gasteiger partial charge in [0.2, 0.25) is 11.8 Å². The summed E-state index contributed by atoms with van der Waals surface area (Å²) in [5.74, 6) is -0.163. The number of hydrogen-bond acceptors (Lipinski definition) is 5. The number of carbonyl (C=O) groups is 3. The summed E-state index contributed by atoms with van der Waals surface area (Å²) in [6, 6.07) is 14.9. The van der Waals surface area contributed by atoms with E-state index in [1.165, 1.54) is 10.5 Å². The highest BCUT2D eigenvalue weighted by molar-refractivity contribution is 6.05. The van der Waals surface area contributed by atoms with Crippen molar-refractivity contribution >= 4 is 17.7 Å². The Kier molecular flexibility index (Phi) is 5.57. The van der Waals surface area contributed by atoms with Gasteiger partial charge in [0.25, 0.3) is 5.91 Å². The van der Waals surface area contributed by atoms with E-state index in [0.717, 1.165) is 12.1 Å². The molecule has 4 rings (SSSR count). The van der Waals surface area contributed by atoms with Gasteiger partial charge in [0.1, 0.15) is 18.4 Å². The van der Waals surface area contributed by atoms with Gasteiger partial charge < -0.3 is 15.0 Å². The van der Waals surface area contributed by atoms with E-state index in [0.29, 0.717) is 37.4 Å². The Bertz CT molecular complexity index is 929. The summed E-state index contributed by atoms with van der Waals surface area (Å²) in [5, 5.41) is 5.64. The Morgan fingerprint density at radius 2 is 1.93 bits per heavy atom. The lowest BCUT2D eigenvalue weighted by atomic mass is 10.0. The van der Waals surface area contributed by atoms with Crippen LogP contribution in [-0.2, 0) is 22.7 Å². The zero-order valence-electron chi connectivity index (χ0n) is 16.0. The molecule has 0 aromatic heterocycles. The van der Waals surface area contributed by atoms with Crippen LogP contribution in [0.4, 0.5) is 0 Å². The minimum Gasteiger partial charge on any atom is -0.492 e. The van der Waals surface area contributed by atoms with Gasteiger partial charge in [-0.05, 0) is 35.7 Å². The summed E-state index contributed by atoms with van der Waals surface area (Å²) in [5.41, 5.74) is 2.65. The molecule has 0 spiro atoms. The minimum absolute atomic E-state index is 0.175. The second-order valence-corrected chi connectivity index (χ2v) is 7.23. The molecule has 29 heavy (non-hydrogen) atoms. The lowest BCUT2D eigenvalue weighted by Gasteiger charge is -2.29. The highest BCUT2D eigenvalue weighted by Gasteiger charge is 2.39. The number of piperidine rings is 1. The second-order valence-electron chi connectivity index (χ2n) is 7.23. The van der Waals surface area contributed by atoms with Gasteiger partial charge in [-0.2, -0.15) is 0 Å². The molecular formula is C22H23N3O4. The molecule has 7 nitrogen and oxygen atoms in total. The smallest absolute Gasteiger partial charge is 0.255 e. The second kappa shape index (κ2) is 8.45. The first-order chi connectivity index (χ1) is 14.1. The van der Waals surface area contributed by atoms with Crippen LogP contribution in [0.25, 0.3) is 0 Å². The molecule has 0 aliphatic carbocycles. The monoisotopic (exact) mass is 393 g/mol. The van der Waals surface area contributed by atoms with Crippen molar-refractivity contribution in [3.8, 4) is 5.75 Å². The predicted octanol–water partition coefficient (Wildman–Crippen LogP) is 1.62. The van der Waals surface area contributed by atoms with Crippen LogP contribution >= 0.6 is 0 Å². The minimum atomic E-state index is -0.598. The quantitative estimate of drug-likeness (QED) is 0.551. The number of nitrogens with zero attached hydrogens (tertiary/aromatic N) is 1. The SMILES string of the molecule is O=C1CCC(N2Cc3cc(OCCNCc4ccccc4)ccc3C2=O)C(=O)N1. The molecule has 0 saturated carbocycles. The topological polar surface area (TPSA) is 87.7 Å². The average Bonchev–Trinajstić information content (AvgIpc) is 3.04. The molecule has 1 fully saturated rings. The van der Waals surface area contributed by atoms with Crippen LogP contribution in [0.2, 0.25) is 0 Å². The molecule has 2 aromatic rings. The molecule has 150 valence electrons. The van der Waals surface area contributed by atoms with Crippen molar-refractivity contribution in [2.45, 2.75) is 32.0 Å². The van der Waals surface area contributed by atoms with E-state index in [1.807, 2.05) is 24.3 Å². The lowest BCUT2D eigenvalue weighted by molar-refractivity contribution is -0.136. The summed E-state index contributed by atoms with van der Waals surface area (Å²) >= 11 is 0. The van der Waals surface area contributed by atoms with Crippen LogP contribution in [0.15, 0.2) is 48.5 Å². The Labute approximate surface area is 169 Å². The zero-order chi connectivity index (χ0) is 20.2. The normalized spacial score (nSPS) is 18.6. The Morgan fingerprint density at radius 3 is 2.72 bits per heavy atom. The average molecular weight is 393 g/mol. The van der Waals surface area contributed by atoms with Crippen molar-refractivity contribution in [2.75, 3.05) is 13.2 Å². The van der Waals surface area contributed by atoms with Crippen molar-refractivity contribution in [3.63, 3.8) is 0 Å². The molecule has 1 unspecified atom stereocenters. The van der Waals surface area contributed by atoms with E-state index in [4.69, 9.17) is 4.74 Å². The predicted molar refractivity (Wildman–Crippen MR) is 106 cm³/mol. The summed E-state index contributed by atoms with van der Waals surface area (Å²) in [6.45, 7) is 2.34. The van der Waals surface area contributed by atoms with Gasteiger partial charge in [0.15, 0.2) is 0 Å². The number of imide groups is 1. The van der Waals surface area contributed by atoms with Gasteiger partial charge in [-0.3, -0.25) is 19.7 Å². The van der Waals surface area contributed by atoms with Crippen LogP contribution in [0, 0.1) is 0 Å². The van der Waals surface area contributed by atoms with Gasteiger partial charge in [-0.25, -0.2) is 0 Å². The fraction of sp³-hybridized carbons (Fsp3) is 0.318. The largest absolute Gasteiger partial charge is 0.492 e. The van der Waals surface area contributed by atoms with Crippen molar-refractivity contribution in [1.29, 1.82) is 0 Å². The number of ether oxygens (including phenoxy) is 1. The van der Waals surface area contributed by atoms with E-state index in [2.05, 4.69) is 22.8 Å². The van der Waals surface area contributed by atoms with Gasteiger partial charge in [0.05, 0.1) is 0 Å². The maximum atomic E-state index is 12.7. The highest BCUT2D eigenvalue weighted by Crippen LogP contribution is 2.30. The van der Waals surface area contributed by atoms with Crippen molar-refractivity contribution < 1.29 is 19.1 Å². The van der Waals surface area contributed by atoms with Crippen LogP contribution in [0.3, 0.4) is 0 Å². The molecule has 2 heterocycles. The van der Waals surface area contributed by atoms with Crippen LogP contribution < -0.4 is 15.4 Å². The zero-order valence-corrected chi connectivity index (χ0v) is 16.0. The molecule has 0 radical (unpaired) electrons. The third-order valence-electron chi connectivity index (χ3n) is 5.21. The van der Waals surface area contributed by atoms with Crippen molar-refractivity contribution in [2.24, 2.45) is 0 Å². The highest BCUT2D eigenvalue weighted by atomic mass is 16.5. The first-order valence-electron chi connectivity index (χ1n) is 9.77.